The molecule has 7 heteroatoms. The fraction of sp³-hybridized carbons (Fsp3) is 0.500. The van der Waals surface area contributed by atoms with Crippen LogP contribution < -0.4 is 0 Å². The molecule has 1 aromatic heterocycles. The van der Waals surface area contributed by atoms with Gasteiger partial charge in [0.05, 0.1) is 12.2 Å². The van der Waals surface area contributed by atoms with Gasteiger partial charge in [-0.15, -0.1) is 0 Å². The van der Waals surface area contributed by atoms with Gasteiger partial charge in [-0.2, -0.15) is 0 Å². The lowest BCUT2D eigenvalue weighted by atomic mass is 9.87. The summed E-state index contributed by atoms with van der Waals surface area (Å²) in [5.74, 6) is 0.383. The highest BCUT2D eigenvalue weighted by atomic mass is 19.1. The van der Waals surface area contributed by atoms with E-state index in [0.717, 1.165) is 18.5 Å². The van der Waals surface area contributed by atoms with E-state index in [9.17, 15) is 14.0 Å². The molecule has 1 atom stereocenters. The second-order valence-corrected chi connectivity index (χ2v) is 8.07. The standard InChI is InChI=1S/C22H26FN3O3/c1-15-22(28)25(12-16-6-5-9-18(23)10-16)14-21(27)26(15)13-19-11-20(24-29-19)17-7-3-2-4-8-17/h5-6,9-11,15,17H,2-4,7-8,12-14H2,1H3/t15-/m0/s1. The van der Waals surface area contributed by atoms with Gasteiger partial charge in [-0.25, -0.2) is 4.39 Å². The van der Waals surface area contributed by atoms with Crippen molar-refractivity contribution in [2.24, 2.45) is 0 Å². The van der Waals surface area contributed by atoms with Gasteiger partial charge >= 0.3 is 0 Å². The predicted molar refractivity (Wildman–Crippen MR) is 104 cm³/mol. The third-order valence-corrected chi connectivity index (χ3v) is 5.97. The number of amides is 2. The summed E-state index contributed by atoms with van der Waals surface area (Å²) in [6.45, 7) is 2.15. The predicted octanol–water partition coefficient (Wildman–Crippen LogP) is 3.62. The van der Waals surface area contributed by atoms with Crippen molar-refractivity contribution in [2.45, 2.75) is 64.1 Å². The van der Waals surface area contributed by atoms with E-state index in [1.807, 2.05) is 6.07 Å². The van der Waals surface area contributed by atoms with Crippen molar-refractivity contribution in [3.8, 4) is 0 Å². The molecule has 1 aromatic carbocycles. The molecule has 2 aromatic rings. The quantitative estimate of drug-likeness (QED) is 0.770. The van der Waals surface area contributed by atoms with Crippen molar-refractivity contribution in [2.75, 3.05) is 6.54 Å². The van der Waals surface area contributed by atoms with Crippen molar-refractivity contribution >= 4 is 11.8 Å². The first-order chi connectivity index (χ1) is 14.0. The van der Waals surface area contributed by atoms with Crippen LogP contribution in [-0.4, -0.2) is 39.4 Å². The summed E-state index contributed by atoms with van der Waals surface area (Å²) in [5.41, 5.74) is 1.62. The molecule has 1 aliphatic carbocycles. The summed E-state index contributed by atoms with van der Waals surface area (Å²) in [5, 5.41) is 4.21. The molecule has 2 aliphatic rings. The van der Waals surface area contributed by atoms with Gasteiger partial charge in [0.15, 0.2) is 5.76 Å². The summed E-state index contributed by atoms with van der Waals surface area (Å²) >= 11 is 0. The Hall–Kier alpha value is -2.70. The first kappa shape index (κ1) is 19.6. The average molecular weight is 399 g/mol. The van der Waals surface area contributed by atoms with Gasteiger partial charge in [0.2, 0.25) is 11.8 Å². The summed E-state index contributed by atoms with van der Waals surface area (Å²) in [6, 6.07) is 7.42. The molecule has 1 saturated heterocycles. The minimum Gasteiger partial charge on any atom is -0.359 e. The van der Waals surface area contributed by atoms with Crippen molar-refractivity contribution < 1.29 is 18.5 Å². The maximum atomic E-state index is 13.4. The molecule has 6 nitrogen and oxygen atoms in total. The first-order valence-corrected chi connectivity index (χ1v) is 10.3. The molecule has 0 unspecified atom stereocenters. The Labute approximate surface area is 169 Å². The largest absolute Gasteiger partial charge is 0.359 e. The number of rotatable bonds is 5. The van der Waals surface area contributed by atoms with E-state index < -0.39 is 6.04 Å². The van der Waals surface area contributed by atoms with Gasteiger partial charge in [0, 0.05) is 18.5 Å². The lowest BCUT2D eigenvalue weighted by molar-refractivity contribution is -0.156. The molecule has 0 radical (unpaired) electrons. The Morgan fingerprint density at radius 2 is 1.93 bits per heavy atom. The second kappa shape index (κ2) is 8.35. The monoisotopic (exact) mass is 399 g/mol. The molecule has 0 bridgehead atoms. The minimum absolute atomic E-state index is 0.0245. The van der Waals surface area contributed by atoms with E-state index in [2.05, 4.69) is 5.16 Å². The number of hydrogen-bond donors (Lipinski definition) is 0. The summed E-state index contributed by atoms with van der Waals surface area (Å²) in [6.07, 6.45) is 5.95. The third-order valence-electron chi connectivity index (χ3n) is 5.97. The van der Waals surface area contributed by atoms with Gasteiger partial charge in [-0.1, -0.05) is 36.6 Å². The topological polar surface area (TPSA) is 66.7 Å². The molecule has 1 saturated carbocycles. The van der Waals surface area contributed by atoms with E-state index in [1.165, 1.54) is 41.2 Å². The maximum Gasteiger partial charge on any atom is 0.245 e. The molecule has 2 heterocycles. The molecule has 2 amide bonds. The zero-order chi connectivity index (χ0) is 20.4. The van der Waals surface area contributed by atoms with Crippen LogP contribution in [0.3, 0.4) is 0 Å². The Bertz CT molecular complexity index is 891. The molecule has 0 N–H and O–H groups in total. The molecule has 4 rings (SSSR count). The van der Waals surface area contributed by atoms with Crippen molar-refractivity contribution in [1.82, 2.24) is 15.0 Å². The number of carbonyl (C=O) groups excluding carboxylic acids is 2. The third kappa shape index (κ3) is 4.33. The molecule has 1 aliphatic heterocycles. The van der Waals surface area contributed by atoms with Crippen LogP contribution in [0.25, 0.3) is 0 Å². The Kier molecular flexibility index (Phi) is 5.65. The van der Waals surface area contributed by atoms with Crippen molar-refractivity contribution in [3.63, 3.8) is 0 Å². The number of carbonyl (C=O) groups is 2. The molecular weight excluding hydrogens is 373 g/mol. The van der Waals surface area contributed by atoms with Crippen molar-refractivity contribution in [3.05, 3.63) is 53.2 Å². The van der Waals surface area contributed by atoms with Gasteiger partial charge in [-0.3, -0.25) is 9.59 Å². The van der Waals surface area contributed by atoms with Crippen molar-refractivity contribution in [1.29, 1.82) is 0 Å². The van der Waals surface area contributed by atoms with Gasteiger partial charge in [-0.05, 0) is 37.5 Å². The Morgan fingerprint density at radius 1 is 1.14 bits per heavy atom. The number of benzene rings is 1. The summed E-state index contributed by atoms with van der Waals surface area (Å²) in [4.78, 5) is 28.5. The zero-order valence-corrected chi connectivity index (χ0v) is 16.6. The molecular formula is C22H26FN3O3. The fourth-order valence-electron chi connectivity index (χ4n) is 4.32. The second-order valence-electron chi connectivity index (χ2n) is 8.07. The number of halogens is 1. The zero-order valence-electron chi connectivity index (χ0n) is 16.6. The van der Waals surface area contributed by atoms with E-state index >= 15 is 0 Å². The van der Waals surface area contributed by atoms with Gasteiger partial charge in [0.25, 0.3) is 0 Å². The SMILES string of the molecule is C[C@H]1C(=O)N(Cc2cccc(F)c2)CC(=O)N1Cc1cc(C2CCCCC2)no1. The number of piperazine rings is 1. The highest BCUT2D eigenvalue weighted by Crippen LogP contribution is 2.32. The van der Waals surface area contributed by atoms with Crippen LogP contribution in [0.1, 0.15) is 62.0 Å². The van der Waals surface area contributed by atoms with Crippen LogP contribution in [-0.2, 0) is 22.7 Å². The molecule has 0 spiro atoms. The van der Waals surface area contributed by atoms with Crippen LogP contribution in [0.4, 0.5) is 4.39 Å². The molecule has 2 fully saturated rings. The first-order valence-electron chi connectivity index (χ1n) is 10.3. The van der Waals surface area contributed by atoms with Crippen LogP contribution in [0.2, 0.25) is 0 Å². The maximum absolute atomic E-state index is 13.4. The number of nitrogens with zero attached hydrogens (tertiary/aromatic N) is 3. The summed E-state index contributed by atoms with van der Waals surface area (Å²) < 4.78 is 18.9. The Balaban J connectivity index is 1.41. The fourth-order valence-corrected chi connectivity index (χ4v) is 4.32. The van der Waals surface area contributed by atoms with E-state index in [-0.39, 0.29) is 37.3 Å². The lowest BCUT2D eigenvalue weighted by Gasteiger charge is -2.38. The minimum atomic E-state index is -0.604. The van der Waals surface area contributed by atoms with Crippen LogP contribution in [0.5, 0.6) is 0 Å². The normalized spacial score (nSPS) is 21.1. The number of hydrogen-bond acceptors (Lipinski definition) is 4. The summed E-state index contributed by atoms with van der Waals surface area (Å²) in [7, 11) is 0. The Morgan fingerprint density at radius 3 is 2.69 bits per heavy atom. The smallest absolute Gasteiger partial charge is 0.245 e. The van der Waals surface area contributed by atoms with E-state index in [4.69, 9.17) is 4.52 Å². The highest BCUT2D eigenvalue weighted by Gasteiger charge is 2.37. The van der Waals surface area contributed by atoms with Gasteiger partial charge < -0.3 is 14.3 Å². The molecule has 29 heavy (non-hydrogen) atoms. The average Bonchev–Trinajstić information content (AvgIpc) is 3.19. The van der Waals surface area contributed by atoms with Crippen LogP contribution >= 0.6 is 0 Å². The van der Waals surface area contributed by atoms with Gasteiger partial charge in [0.1, 0.15) is 18.4 Å². The molecule has 154 valence electrons. The lowest BCUT2D eigenvalue weighted by Crippen LogP contribution is -2.57. The number of aromatic nitrogens is 1. The van der Waals surface area contributed by atoms with Crippen LogP contribution in [0, 0.1) is 5.82 Å². The van der Waals surface area contributed by atoms with E-state index in [0.29, 0.717) is 17.2 Å². The van der Waals surface area contributed by atoms with E-state index in [1.54, 1.807) is 19.1 Å². The highest BCUT2D eigenvalue weighted by molar-refractivity contribution is 5.94. The van der Waals surface area contributed by atoms with Crippen LogP contribution in [0.15, 0.2) is 34.9 Å².